The van der Waals surface area contributed by atoms with Crippen LogP contribution in [0.15, 0.2) is 78.2 Å². The van der Waals surface area contributed by atoms with Gasteiger partial charge in [-0.15, -0.1) is 11.3 Å². The summed E-state index contributed by atoms with van der Waals surface area (Å²) in [6.07, 6.45) is 0. The van der Waals surface area contributed by atoms with Crippen molar-refractivity contribution in [3.8, 4) is 22.4 Å². The summed E-state index contributed by atoms with van der Waals surface area (Å²) in [5.74, 6) is -0.924. The van der Waals surface area contributed by atoms with Gasteiger partial charge in [-0.25, -0.2) is 9.78 Å². The summed E-state index contributed by atoms with van der Waals surface area (Å²) in [6.45, 7) is 1.93. The lowest BCUT2D eigenvalue weighted by Gasteiger charge is -2.12. The van der Waals surface area contributed by atoms with E-state index in [1.165, 1.54) is 11.3 Å². The van der Waals surface area contributed by atoms with E-state index < -0.39 is 11.9 Å². The van der Waals surface area contributed by atoms with E-state index in [-0.39, 0.29) is 12.2 Å². The van der Waals surface area contributed by atoms with Gasteiger partial charge in [-0.2, -0.15) is 0 Å². The fraction of sp³-hybridized carbons (Fsp3) is 0.0690. The average Bonchev–Trinajstić information content (AvgIpc) is 3.32. The van der Waals surface area contributed by atoms with Crippen molar-refractivity contribution in [1.82, 2.24) is 4.98 Å². The molecule has 0 fully saturated rings. The smallest absolute Gasteiger partial charge is 0.341 e. The Bertz CT molecular complexity index is 1680. The molecule has 3 aromatic carbocycles. The Kier molecular flexibility index (Phi) is 7.68. The molecule has 5 nitrogen and oxygen atoms in total. The van der Waals surface area contributed by atoms with Crippen molar-refractivity contribution in [3.05, 3.63) is 104 Å². The van der Waals surface area contributed by atoms with Crippen LogP contribution < -0.4 is 5.32 Å². The van der Waals surface area contributed by atoms with E-state index in [0.29, 0.717) is 53.4 Å². The van der Waals surface area contributed by atoms with E-state index in [4.69, 9.17) is 44.5 Å². The summed E-state index contributed by atoms with van der Waals surface area (Å²) in [6, 6.07) is 21.3. The van der Waals surface area contributed by atoms with Crippen LogP contribution in [0.25, 0.3) is 33.3 Å². The monoisotopic (exact) mass is 580 g/mol. The molecular formula is C29H19Cl3N2O3S. The molecule has 190 valence electrons. The average molecular weight is 582 g/mol. The predicted octanol–water partition coefficient (Wildman–Crippen LogP) is 9.02. The first-order chi connectivity index (χ1) is 18.4. The normalized spacial score (nSPS) is 10.9. The Morgan fingerprint density at radius 3 is 2.39 bits per heavy atom. The highest BCUT2D eigenvalue weighted by atomic mass is 35.5. The zero-order valence-electron chi connectivity index (χ0n) is 19.9. The third kappa shape index (κ3) is 5.26. The molecule has 0 saturated carbocycles. The van der Waals surface area contributed by atoms with Crippen LogP contribution in [0.2, 0.25) is 15.1 Å². The molecule has 0 saturated heterocycles. The van der Waals surface area contributed by atoms with Gasteiger partial charge in [0.1, 0.15) is 10.6 Å². The van der Waals surface area contributed by atoms with Crippen molar-refractivity contribution in [1.29, 1.82) is 0 Å². The number of amides is 1. The zero-order chi connectivity index (χ0) is 26.8. The van der Waals surface area contributed by atoms with Gasteiger partial charge in [0.05, 0.1) is 28.4 Å². The van der Waals surface area contributed by atoms with Crippen LogP contribution in [0.1, 0.15) is 27.6 Å². The summed E-state index contributed by atoms with van der Waals surface area (Å²) in [4.78, 5) is 31.4. The SMILES string of the molecule is CCOC(=O)c1c(-c2ccc(Cl)cc2)csc1NC(=O)c1cc(-c2ccc(Cl)cc2Cl)nc2ccccc12. The van der Waals surface area contributed by atoms with Crippen molar-refractivity contribution < 1.29 is 14.3 Å². The molecule has 0 aliphatic rings. The fourth-order valence-electron chi connectivity index (χ4n) is 4.07. The molecule has 0 unspecified atom stereocenters. The minimum Gasteiger partial charge on any atom is -0.462 e. The second-order valence-electron chi connectivity index (χ2n) is 8.23. The number of ether oxygens (including phenoxy) is 1. The summed E-state index contributed by atoms with van der Waals surface area (Å²) in [5.41, 5.74) is 3.88. The highest BCUT2D eigenvalue weighted by molar-refractivity contribution is 7.15. The van der Waals surface area contributed by atoms with E-state index in [0.717, 1.165) is 5.56 Å². The van der Waals surface area contributed by atoms with Gasteiger partial charge in [-0.1, -0.05) is 65.1 Å². The Morgan fingerprint density at radius 2 is 1.66 bits per heavy atom. The van der Waals surface area contributed by atoms with Gasteiger partial charge in [-0.3, -0.25) is 4.79 Å². The van der Waals surface area contributed by atoms with Gasteiger partial charge in [-0.05, 0) is 55.0 Å². The number of halogens is 3. The van der Waals surface area contributed by atoms with Gasteiger partial charge in [0.2, 0.25) is 0 Å². The number of benzene rings is 3. The number of fused-ring (bicyclic) bond motifs is 1. The zero-order valence-corrected chi connectivity index (χ0v) is 23.0. The maximum Gasteiger partial charge on any atom is 0.341 e. The quantitative estimate of drug-likeness (QED) is 0.203. The number of hydrogen-bond acceptors (Lipinski definition) is 5. The third-order valence-electron chi connectivity index (χ3n) is 5.82. The molecule has 0 radical (unpaired) electrons. The molecule has 0 atom stereocenters. The number of nitrogens with one attached hydrogen (secondary N) is 1. The topological polar surface area (TPSA) is 68.3 Å². The molecule has 5 rings (SSSR count). The summed E-state index contributed by atoms with van der Waals surface area (Å²) < 4.78 is 5.33. The lowest BCUT2D eigenvalue weighted by Crippen LogP contribution is -2.15. The highest BCUT2D eigenvalue weighted by Crippen LogP contribution is 2.38. The Morgan fingerprint density at radius 1 is 0.921 bits per heavy atom. The van der Waals surface area contributed by atoms with Crippen molar-refractivity contribution in [2.45, 2.75) is 6.92 Å². The Balaban J connectivity index is 1.59. The van der Waals surface area contributed by atoms with Crippen molar-refractivity contribution in [2.24, 2.45) is 0 Å². The van der Waals surface area contributed by atoms with Crippen LogP contribution in [-0.2, 0) is 4.74 Å². The predicted molar refractivity (Wildman–Crippen MR) is 156 cm³/mol. The lowest BCUT2D eigenvalue weighted by molar-refractivity contribution is 0.0529. The molecule has 9 heteroatoms. The fourth-order valence-corrected chi connectivity index (χ4v) is 5.65. The van der Waals surface area contributed by atoms with E-state index in [9.17, 15) is 9.59 Å². The maximum absolute atomic E-state index is 13.7. The maximum atomic E-state index is 13.7. The minimum atomic E-state index is -0.526. The number of nitrogens with zero attached hydrogens (tertiary/aromatic N) is 1. The number of hydrogen-bond donors (Lipinski definition) is 1. The Hall–Kier alpha value is -3.42. The summed E-state index contributed by atoms with van der Waals surface area (Å²) in [7, 11) is 0. The molecule has 2 aromatic heterocycles. The van der Waals surface area contributed by atoms with Gasteiger partial charge in [0.15, 0.2) is 0 Å². The third-order valence-corrected chi connectivity index (χ3v) is 7.52. The van der Waals surface area contributed by atoms with Crippen molar-refractivity contribution in [3.63, 3.8) is 0 Å². The lowest BCUT2D eigenvalue weighted by atomic mass is 10.0. The molecule has 0 bridgehead atoms. The molecule has 1 N–H and O–H groups in total. The van der Waals surface area contributed by atoms with Crippen LogP contribution >= 0.6 is 46.1 Å². The second-order valence-corrected chi connectivity index (χ2v) is 10.4. The van der Waals surface area contributed by atoms with Gasteiger partial charge in [0.25, 0.3) is 5.91 Å². The number of thiophene rings is 1. The van der Waals surface area contributed by atoms with Crippen molar-refractivity contribution >= 4 is 73.9 Å². The van der Waals surface area contributed by atoms with Crippen LogP contribution in [0.4, 0.5) is 5.00 Å². The summed E-state index contributed by atoms with van der Waals surface area (Å²) >= 11 is 19.8. The number of aromatic nitrogens is 1. The molecule has 0 aliphatic carbocycles. The largest absolute Gasteiger partial charge is 0.462 e. The molecule has 0 aliphatic heterocycles. The molecular weight excluding hydrogens is 563 g/mol. The second kappa shape index (κ2) is 11.1. The molecule has 1 amide bonds. The minimum absolute atomic E-state index is 0.197. The van der Waals surface area contributed by atoms with E-state index in [2.05, 4.69) is 5.32 Å². The number of carbonyl (C=O) groups excluding carboxylic acids is 2. The first-order valence-electron chi connectivity index (χ1n) is 11.6. The van der Waals surface area contributed by atoms with Gasteiger partial charge < -0.3 is 10.1 Å². The number of rotatable bonds is 6. The molecule has 5 aromatic rings. The van der Waals surface area contributed by atoms with E-state index in [1.807, 2.05) is 41.8 Å². The number of esters is 1. The van der Waals surface area contributed by atoms with Crippen molar-refractivity contribution in [2.75, 3.05) is 11.9 Å². The summed E-state index contributed by atoms with van der Waals surface area (Å²) in [5, 5.41) is 7.28. The standard InChI is InChI=1S/C29H19Cl3N2O3S/c1-2-37-29(36)26-22(16-7-9-17(30)10-8-16)15-38-28(26)34-27(35)21-14-25(20-12-11-18(31)13-23(20)32)33-24-6-4-3-5-19(21)24/h3-15H,2H2,1H3,(H,34,35). The first kappa shape index (κ1) is 26.2. The van der Waals surface area contributed by atoms with Crippen LogP contribution in [-0.4, -0.2) is 23.5 Å². The van der Waals surface area contributed by atoms with Gasteiger partial charge >= 0.3 is 5.97 Å². The highest BCUT2D eigenvalue weighted by Gasteiger charge is 2.24. The van der Waals surface area contributed by atoms with E-state index >= 15 is 0 Å². The van der Waals surface area contributed by atoms with Crippen LogP contribution in [0, 0.1) is 0 Å². The molecule has 38 heavy (non-hydrogen) atoms. The Labute approximate surface area is 238 Å². The van der Waals surface area contributed by atoms with E-state index in [1.54, 1.807) is 43.3 Å². The van der Waals surface area contributed by atoms with Crippen LogP contribution in [0.5, 0.6) is 0 Å². The number of anilines is 1. The number of para-hydroxylation sites is 1. The van der Waals surface area contributed by atoms with Gasteiger partial charge in [0, 0.05) is 31.9 Å². The van der Waals surface area contributed by atoms with Crippen LogP contribution in [0.3, 0.4) is 0 Å². The number of pyridine rings is 1. The number of carbonyl (C=O) groups is 2. The molecule has 2 heterocycles. The first-order valence-corrected chi connectivity index (χ1v) is 13.6. The molecule has 0 spiro atoms.